The molecule has 0 amide bonds. The zero-order valence-electron chi connectivity index (χ0n) is 22.5. The largest absolute Gasteiger partial charge is 0.491 e. The number of aliphatic hydroxyl groups excluding tert-OH is 1. The molecule has 1 heterocycles. The SMILES string of the molecule is CCCCCCCCN=C1NS(O)(O)N=C1Nc1ccc(CC(C)NC[C@H](O)COc2ccccc2)cc1. The Morgan fingerprint density at radius 1 is 1.00 bits per heavy atom. The summed E-state index contributed by atoms with van der Waals surface area (Å²) in [5.74, 6) is 1.47. The van der Waals surface area contributed by atoms with Crippen molar-refractivity contribution < 1.29 is 18.9 Å². The zero-order chi connectivity index (χ0) is 27.2. The summed E-state index contributed by atoms with van der Waals surface area (Å²) in [7, 11) is -3.27. The second kappa shape index (κ2) is 15.7. The molecule has 2 atom stereocenters. The highest BCUT2D eigenvalue weighted by Crippen LogP contribution is 2.39. The van der Waals surface area contributed by atoms with Crippen LogP contribution in [-0.4, -0.2) is 57.7 Å². The predicted octanol–water partition coefficient (Wildman–Crippen LogP) is 5.40. The quantitative estimate of drug-likeness (QED) is 0.156. The summed E-state index contributed by atoms with van der Waals surface area (Å²) in [6, 6.07) is 17.5. The maximum Gasteiger partial charge on any atom is 0.196 e. The first-order valence-electron chi connectivity index (χ1n) is 13.5. The van der Waals surface area contributed by atoms with E-state index in [-0.39, 0.29) is 12.6 Å². The molecule has 1 aliphatic rings. The molecular weight excluding hydrogens is 502 g/mol. The van der Waals surface area contributed by atoms with Crippen molar-refractivity contribution >= 4 is 28.3 Å². The molecule has 1 unspecified atom stereocenters. The Hall–Kier alpha value is -2.63. The van der Waals surface area contributed by atoms with E-state index in [0.29, 0.717) is 24.8 Å². The third kappa shape index (κ3) is 11.0. The van der Waals surface area contributed by atoms with Gasteiger partial charge < -0.3 is 20.5 Å². The van der Waals surface area contributed by atoms with Gasteiger partial charge in [0.25, 0.3) is 0 Å². The highest BCUT2D eigenvalue weighted by molar-refractivity contribution is 8.22. The number of unbranched alkanes of at least 4 members (excludes halogenated alkanes) is 5. The number of nitrogens with zero attached hydrogens (tertiary/aromatic N) is 2. The van der Waals surface area contributed by atoms with E-state index in [1.165, 1.54) is 25.7 Å². The van der Waals surface area contributed by atoms with Gasteiger partial charge in [0.05, 0.1) is 0 Å². The number of rotatable bonds is 16. The third-order valence-corrected chi connectivity index (χ3v) is 7.01. The van der Waals surface area contributed by atoms with E-state index < -0.39 is 17.1 Å². The first kappa shape index (κ1) is 29.9. The molecule has 9 nitrogen and oxygen atoms in total. The second-order valence-corrected chi connectivity index (χ2v) is 11.1. The van der Waals surface area contributed by atoms with E-state index in [4.69, 9.17) is 4.74 Å². The highest BCUT2D eigenvalue weighted by Gasteiger charge is 2.27. The summed E-state index contributed by atoms with van der Waals surface area (Å²) < 4.78 is 32.3. The molecule has 0 spiro atoms. The molecule has 1 aliphatic heterocycles. The Kier molecular flexibility index (Phi) is 12.4. The van der Waals surface area contributed by atoms with Gasteiger partial charge in [-0.3, -0.25) is 14.1 Å². The molecule has 6 N–H and O–H groups in total. The molecule has 0 saturated carbocycles. The number of para-hydroxylation sites is 1. The van der Waals surface area contributed by atoms with Gasteiger partial charge in [0, 0.05) is 24.8 Å². The van der Waals surface area contributed by atoms with Crippen molar-refractivity contribution in [2.45, 2.75) is 70.9 Å². The molecule has 0 fully saturated rings. The fourth-order valence-electron chi connectivity index (χ4n) is 4.04. The van der Waals surface area contributed by atoms with Gasteiger partial charge in [-0.1, -0.05) is 69.4 Å². The number of ether oxygens (including phenoxy) is 1. The van der Waals surface area contributed by atoms with E-state index in [1.54, 1.807) is 0 Å². The molecule has 0 aromatic heterocycles. The van der Waals surface area contributed by atoms with Gasteiger partial charge >= 0.3 is 0 Å². The number of nitrogens with one attached hydrogen (secondary N) is 3. The van der Waals surface area contributed by atoms with E-state index in [2.05, 4.69) is 38.6 Å². The predicted molar refractivity (Wildman–Crippen MR) is 158 cm³/mol. The van der Waals surface area contributed by atoms with Crippen LogP contribution in [-0.2, 0) is 6.42 Å². The van der Waals surface area contributed by atoms with Crippen molar-refractivity contribution in [2.75, 3.05) is 25.0 Å². The third-order valence-electron chi connectivity index (χ3n) is 6.10. The van der Waals surface area contributed by atoms with Crippen molar-refractivity contribution in [3.63, 3.8) is 0 Å². The topological polar surface area (TPSA) is 131 Å². The minimum Gasteiger partial charge on any atom is -0.491 e. The van der Waals surface area contributed by atoms with E-state index in [1.807, 2.05) is 54.6 Å². The molecule has 2 aromatic carbocycles. The van der Waals surface area contributed by atoms with Crippen molar-refractivity contribution in [1.82, 2.24) is 10.0 Å². The number of hydrogen-bond acceptors (Lipinski definition) is 8. The fraction of sp³-hybridized carbons (Fsp3) is 0.500. The van der Waals surface area contributed by atoms with Crippen LogP contribution in [0.5, 0.6) is 5.75 Å². The average Bonchev–Trinajstić information content (AvgIpc) is 3.20. The Morgan fingerprint density at radius 2 is 1.71 bits per heavy atom. The standard InChI is InChI=1S/C28H43N5O4S/c1-3-4-5-6-7-11-18-29-27-28(33-38(35,36)32-27)31-24-16-14-23(15-17-24)19-22(2)30-20-25(34)21-37-26-12-9-8-10-13-26/h8-10,12-17,22,25,30,34-36H,3-7,11,18-21H2,1-2H3,(H,29,32)(H,31,33)/t22?,25-/m0/s1. The van der Waals surface area contributed by atoms with E-state index in [9.17, 15) is 14.2 Å². The molecule has 0 aliphatic carbocycles. The Morgan fingerprint density at radius 3 is 2.45 bits per heavy atom. The van der Waals surface area contributed by atoms with Crippen molar-refractivity contribution in [1.29, 1.82) is 0 Å². The van der Waals surface area contributed by atoms with Crippen LogP contribution in [0.4, 0.5) is 5.69 Å². The lowest BCUT2D eigenvalue weighted by atomic mass is 10.1. The fourth-order valence-corrected chi connectivity index (χ4v) is 4.89. The molecule has 210 valence electrons. The van der Waals surface area contributed by atoms with Gasteiger partial charge in [-0.25, -0.2) is 4.72 Å². The first-order chi connectivity index (χ1) is 18.3. The minimum atomic E-state index is -3.27. The Bertz CT molecular complexity index is 1020. The lowest BCUT2D eigenvalue weighted by Gasteiger charge is -2.20. The monoisotopic (exact) mass is 545 g/mol. The van der Waals surface area contributed by atoms with Crippen molar-refractivity contribution in [2.24, 2.45) is 9.39 Å². The average molecular weight is 546 g/mol. The number of aliphatic hydroxyl groups is 1. The van der Waals surface area contributed by atoms with Crippen LogP contribution in [0.15, 0.2) is 64.0 Å². The van der Waals surface area contributed by atoms with Crippen LogP contribution in [0, 0.1) is 0 Å². The van der Waals surface area contributed by atoms with Gasteiger partial charge in [0.1, 0.15) is 18.5 Å². The van der Waals surface area contributed by atoms with Crippen LogP contribution in [0.25, 0.3) is 0 Å². The van der Waals surface area contributed by atoms with Crippen LogP contribution >= 0.6 is 11.0 Å². The zero-order valence-corrected chi connectivity index (χ0v) is 23.3. The Balaban J connectivity index is 1.42. The first-order valence-corrected chi connectivity index (χ1v) is 15.0. The molecule has 2 aromatic rings. The number of amidine groups is 2. The molecular formula is C28H43N5O4S. The van der Waals surface area contributed by atoms with Crippen molar-refractivity contribution in [3.8, 4) is 5.75 Å². The molecule has 10 heteroatoms. The number of aliphatic imine (C=N–C) groups is 1. The number of benzene rings is 2. The smallest absolute Gasteiger partial charge is 0.196 e. The van der Waals surface area contributed by atoms with Crippen LogP contribution in [0.1, 0.15) is 57.9 Å². The minimum absolute atomic E-state index is 0.164. The molecule has 0 saturated heterocycles. The summed E-state index contributed by atoms with van der Waals surface area (Å²) >= 11 is 0. The van der Waals surface area contributed by atoms with E-state index in [0.717, 1.165) is 36.3 Å². The molecule has 0 bridgehead atoms. The van der Waals surface area contributed by atoms with Crippen LogP contribution in [0.3, 0.4) is 0 Å². The summed E-state index contributed by atoms with van der Waals surface area (Å²) in [4.78, 5) is 4.51. The number of anilines is 1. The van der Waals surface area contributed by atoms with E-state index >= 15 is 0 Å². The van der Waals surface area contributed by atoms with Crippen LogP contribution < -0.4 is 20.1 Å². The maximum atomic E-state index is 10.2. The molecule has 3 rings (SSSR count). The maximum absolute atomic E-state index is 10.2. The van der Waals surface area contributed by atoms with Gasteiger partial charge in [-0.2, -0.15) is 0 Å². The second-order valence-electron chi connectivity index (χ2n) is 9.67. The summed E-state index contributed by atoms with van der Waals surface area (Å²) in [5, 5.41) is 16.7. The van der Waals surface area contributed by atoms with Gasteiger partial charge in [0.15, 0.2) is 11.7 Å². The molecule has 38 heavy (non-hydrogen) atoms. The lowest BCUT2D eigenvalue weighted by molar-refractivity contribution is 0.104. The summed E-state index contributed by atoms with van der Waals surface area (Å²) in [6.07, 6.45) is 7.19. The Labute approximate surface area is 228 Å². The van der Waals surface area contributed by atoms with Crippen molar-refractivity contribution in [3.05, 3.63) is 60.2 Å². The summed E-state index contributed by atoms with van der Waals surface area (Å²) in [5.41, 5.74) is 1.92. The molecule has 0 radical (unpaired) electrons. The normalized spacial score (nSPS) is 17.9. The van der Waals surface area contributed by atoms with Crippen LogP contribution in [0.2, 0.25) is 0 Å². The lowest BCUT2D eigenvalue weighted by Crippen LogP contribution is -2.37. The summed E-state index contributed by atoms with van der Waals surface area (Å²) in [6.45, 7) is 5.56. The number of hydrogen-bond donors (Lipinski definition) is 6. The van der Waals surface area contributed by atoms with Gasteiger partial charge in [0.2, 0.25) is 0 Å². The van der Waals surface area contributed by atoms with Gasteiger partial charge in [-0.15, -0.1) is 4.40 Å². The van der Waals surface area contributed by atoms with Gasteiger partial charge in [-0.05, 0) is 60.6 Å². The highest BCUT2D eigenvalue weighted by atomic mass is 32.3.